The van der Waals surface area contributed by atoms with Crippen LogP contribution < -0.4 is 19.9 Å². The average Bonchev–Trinajstić information content (AvgIpc) is 4.07. The van der Waals surface area contributed by atoms with Crippen LogP contribution in [-0.2, 0) is 30.5 Å². The van der Waals surface area contributed by atoms with E-state index in [1.54, 1.807) is 12.1 Å². The fourth-order valence-corrected chi connectivity index (χ4v) is 8.04. The quantitative estimate of drug-likeness (QED) is 0.0337. The summed E-state index contributed by atoms with van der Waals surface area (Å²) in [5.74, 6) is 0.975. The number of H-pyrrole nitrogens is 4. The molecule has 4 aromatic carbocycles. The van der Waals surface area contributed by atoms with Gasteiger partial charge in [-0.25, -0.2) is 9.59 Å². The molecule has 8 rings (SSSR count). The number of nitrogens with one attached hydrogen (secondary N) is 4. The number of aromatic amines is 4. The molecule has 1 atom stereocenters. The third-order valence-electron chi connectivity index (χ3n) is 11.5. The molecule has 8 aromatic rings. The summed E-state index contributed by atoms with van der Waals surface area (Å²) in [5.41, 5.74) is 14.3. The smallest absolute Gasteiger partial charge is 0.425 e. The maximum Gasteiger partial charge on any atom is 0.519 e. The Labute approximate surface area is 354 Å². The molecule has 4 heterocycles. The number of para-hydroxylation sites is 1. The highest BCUT2D eigenvalue weighted by Crippen LogP contribution is 2.33. The van der Waals surface area contributed by atoms with Gasteiger partial charge in [-0.1, -0.05) is 36.4 Å². The number of carbonyl (C=O) groups is 2. The van der Waals surface area contributed by atoms with Gasteiger partial charge in [-0.15, -0.1) is 0 Å². The van der Waals surface area contributed by atoms with E-state index in [0.717, 1.165) is 118 Å². The monoisotopic (exact) mass is 822 g/mol. The largest absolute Gasteiger partial charge is 0.519 e. The van der Waals surface area contributed by atoms with Crippen molar-refractivity contribution < 1.29 is 23.8 Å². The minimum Gasteiger partial charge on any atom is -0.425 e. The van der Waals surface area contributed by atoms with Crippen molar-refractivity contribution in [3.63, 3.8) is 0 Å². The highest BCUT2D eigenvalue weighted by Gasteiger charge is 2.22. The molecule has 0 spiro atoms. The van der Waals surface area contributed by atoms with Crippen molar-refractivity contribution in [3.05, 3.63) is 126 Å². The molecular formula is C48H54N8O5. The van der Waals surface area contributed by atoms with E-state index < -0.39 is 18.2 Å². The number of fused-ring (bicyclic) bond motifs is 4. The Kier molecular flexibility index (Phi) is 12.5. The molecular weight excluding hydrogens is 769 g/mol. The lowest BCUT2D eigenvalue weighted by molar-refractivity contribution is -0.135. The Balaban J connectivity index is 0.834. The summed E-state index contributed by atoms with van der Waals surface area (Å²) in [4.78, 5) is 46.5. The van der Waals surface area contributed by atoms with E-state index in [9.17, 15) is 9.59 Å². The summed E-state index contributed by atoms with van der Waals surface area (Å²) in [6.45, 7) is 4.22. The number of aromatic nitrogens is 4. The second kappa shape index (κ2) is 18.5. The molecule has 0 fully saturated rings. The van der Waals surface area contributed by atoms with Gasteiger partial charge >= 0.3 is 12.1 Å². The average molecular weight is 823 g/mol. The topological polar surface area (TPSA) is 161 Å². The number of nitrogens with two attached hydrogens (primary N) is 1. The molecule has 13 heteroatoms. The maximum absolute atomic E-state index is 13.3. The zero-order valence-corrected chi connectivity index (χ0v) is 35.2. The lowest BCUT2D eigenvalue weighted by Gasteiger charge is -2.22. The van der Waals surface area contributed by atoms with Crippen molar-refractivity contribution in [2.45, 2.75) is 31.7 Å². The molecule has 0 aliphatic carbocycles. The summed E-state index contributed by atoms with van der Waals surface area (Å²) < 4.78 is 17.7. The van der Waals surface area contributed by atoms with Crippen LogP contribution in [0, 0.1) is 0 Å². The Bertz CT molecular complexity index is 2780. The van der Waals surface area contributed by atoms with E-state index >= 15 is 0 Å². The summed E-state index contributed by atoms with van der Waals surface area (Å²) >= 11 is 0. The van der Waals surface area contributed by atoms with Crippen LogP contribution in [0.1, 0.15) is 22.3 Å². The molecule has 13 nitrogen and oxygen atoms in total. The number of rotatable bonds is 18. The normalized spacial score (nSPS) is 12.5. The molecule has 6 N–H and O–H groups in total. The molecule has 0 aliphatic rings. The summed E-state index contributed by atoms with van der Waals surface area (Å²) in [5, 5.41) is 3.72. The number of nitrogens with zero attached hydrogens (tertiary/aromatic N) is 3. The fraction of sp³-hybridized carbons (Fsp3) is 0.292. The number of hydrogen-bond acceptors (Lipinski definition) is 9. The van der Waals surface area contributed by atoms with E-state index in [1.165, 1.54) is 0 Å². The van der Waals surface area contributed by atoms with Crippen LogP contribution in [0.5, 0.6) is 17.2 Å². The van der Waals surface area contributed by atoms with Gasteiger partial charge in [0.1, 0.15) is 23.3 Å². The standard InChI is InChI=1S/C48H54N8O5/c1-54(2)21-18-31-27-51-39-13-8-16-42(45(31)39)60-48(58)61-43-17-9-14-40-46(43)33(29-53-40)20-23-56(4)25-24-55(3)22-19-32-28-52-38-12-7-15-41(44(32)38)59-47(57)36(49)26-34-30-50-37-11-6-5-10-35(34)37/h5-17,27-30,36,50-53H,18-26,49H2,1-4H3. The Morgan fingerprint density at radius 1 is 0.525 bits per heavy atom. The third-order valence-corrected chi connectivity index (χ3v) is 11.5. The van der Waals surface area contributed by atoms with Gasteiger partial charge in [-0.2, -0.15) is 0 Å². The molecule has 0 saturated heterocycles. The van der Waals surface area contributed by atoms with Gasteiger partial charge in [0, 0.05) is 108 Å². The summed E-state index contributed by atoms with van der Waals surface area (Å²) in [6.07, 6.45) is 9.81. The Morgan fingerprint density at radius 2 is 0.951 bits per heavy atom. The number of benzene rings is 4. The van der Waals surface area contributed by atoms with Crippen molar-refractivity contribution in [2.24, 2.45) is 5.73 Å². The number of likely N-dealkylation sites (N-methyl/N-ethyl adjacent to an activating group) is 3. The predicted molar refractivity (Wildman–Crippen MR) is 242 cm³/mol. The second-order valence-electron chi connectivity index (χ2n) is 16.2. The zero-order valence-electron chi connectivity index (χ0n) is 35.2. The Hall–Kier alpha value is -6.38. The van der Waals surface area contributed by atoms with Crippen LogP contribution >= 0.6 is 0 Å². The lowest BCUT2D eigenvalue weighted by Crippen LogP contribution is -2.36. The maximum atomic E-state index is 13.3. The molecule has 0 radical (unpaired) electrons. The van der Waals surface area contributed by atoms with Gasteiger partial charge in [0.05, 0.1) is 0 Å². The number of hydrogen-bond donors (Lipinski definition) is 5. The van der Waals surface area contributed by atoms with Crippen LogP contribution in [0.2, 0.25) is 0 Å². The van der Waals surface area contributed by atoms with Crippen LogP contribution in [0.15, 0.2) is 104 Å². The molecule has 0 amide bonds. The SMILES string of the molecule is CN(C)CCc1c[nH]c2cccc(OC(=O)Oc3cccc4[nH]cc(CCN(C)CCN(C)CCc5c[nH]c6cccc(OC(=O)C(N)Cc7c[nH]c8ccccc78)c56)c34)c12. The fourth-order valence-electron chi connectivity index (χ4n) is 8.04. The van der Waals surface area contributed by atoms with E-state index in [0.29, 0.717) is 23.7 Å². The second-order valence-corrected chi connectivity index (χ2v) is 16.2. The van der Waals surface area contributed by atoms with Crippen LogP contribution in [-0.4, -0.2) is 114 Å². The number of carbonyl (C=O) groups excluding carboxylic acids is 2. The van der Waals surface area contributed by atoms with E-state index in [-0.39, 0.29) is 0 Å². The molecule has 316 valence electrons. The molecule has 4 aromatic heterocycles. The zero-order chi connectivity index (χ0) is 42.5. The van der Waals surface area contributed by atoms with Gasteiger partial charge < -0.3 is 54.6 Å². The predicted octanol–water partition coefficient (Wildman–Crippen LogP) is 7.42. The number of esters is 1. The highest BCUT2D eigenvalue weighted by atomic mass is 16.7. The van der Waals surface area contributed by atoms with Crippen LogP contribution in [0.4, 0.5) is 4.79 Å². The minimum absolute atomic E-state index is 0.372. The van der Waals surface area contributed by atoms with Gasteiger partial charge in [-0.3, -0.25) is 0 Å². The summed E-state index contributed by atoms with van der Waals surface area (Å²) in [6, 6.07) is 24.2. The third kappa shape index (κ3) is 9.50. The molecule has 0 saturated carbocycles. The lowest BCUT2D eigenvalue weighted by atomic mass is 10.1. The van der Waals surface area contributed by atoms with E-state index in [4.69, 9.17) is 19.9 Å². The highest BCUT2D eigenvalue weighted by molar-refractivity contribution is 5.94. The van der Waals surface area contributed by atoms with E-state index in [1.807, 2.05) is 106 Å². The molecule has 61 heavy (non-hydrogen) atoms. The van der Waals surface area contributed by atoms with Crippen molar-refractivity contribution in [1.82, 2.24) is 34.6 Å². The van der Waals surface area contributed by atoms with Gasteiger partial charge in [0.2, 0.25) is 0 Å². The van der Waals surface area contributed by atoms with Crippen molar-refractivity contribution in [2.75, 3.05) is 60.9 Å². The first-order chi connectivity index (χ1) is 29.6. The summed E-state index contributed by atoms with van der Waals surface area (Å²) in [7, 11) is 8.32. The van der Waals surface area contributed by atoms with E-state index in [2.05, 4.69) is 48.7 Å². The van der Waals surface area contributed by atoms with Crippen molar-refractivity contribution >= 4 is 55.7 Å². The van der Waals surface area contributed by atoms with Gasteiger partial charge in [-0.05, 0) is 112 Å². The van der Waals surface area contributed by atoms with Crippen LogP contribution in [0.25, 0.3) is 43.6 Å². The first kappa shape index (κ1) is 41.4. The van der Waals surface area contributed by atoms with Gasteiger partial charge in [0.25, 0.3) is 0 Å². The molecule has 0 bridgehead atoms. The first-order valence-electron chi connectivity index (χ1n) is 20.8. The minimum atomic E-state index is -0.807. The molecule has 0 aliphatic heterocycles. The van der Waals surface area contributed by atoms with Crippen molar-refractivity contribution in [1.29, 1.82) is 0 Å². The molecule has 1 unspecified atom stereocenters. The van der Waals surface area contributed by atoms with Crippen molar-refractivity contribution in [3.8, 4) is 17.2 Å². The van der Waals surface area contributed by atoms with Gasteiger partial charge in [0.15, 0.2) is 0 Å². The van der Waals surface area contributed by atoms with Crippen LogP contribution in [0.3, 0.4) is 0 Å². The number of ether oxygens (including phenoxy) is 3. The first-order valence-corrected chi connectivity index (χ1v) is 20.8. The Morgan fingerprint density at radius 3 is 1.46 bits per heavy atom.